The van der Waals surface area contributed by atoms with Crippen LogP contribution in [-0.4, -0.2) is 7.25 Å². The molecule has 0 unspecified atom stereocenters. The van der Waals surface area contributed by atoms with Crippen LogP contribution in [0.5, 0.6) is 0 Å². The molecule has 0 aliphatic carbocycles. The molecule has 0 bridgehead atoms. The van der Waals surface area contributed by atoms with Crippen molar-refractivity contribution in [2.45, 2.75) is 26.7 Å². The molecule has 1 nitrogen and oxygen atoms in total. The van der Waals surface area contributed by atoms with Crippen LogP contribution in [0.1, 0.15) is 25.1 Å². The summed E-state index contributed by atoms with van der Waals surface area (Å²) >= 11 is 0. The molecule has 0 fully saturated rings. The molecular weight excluding hydrogens is 269 g/mol. The number of aromatic nitrogens is 1. The van der Waals surface area contributed by atoms with E-state index < -0.39 is 7.25 Å². The molecular formula is C14H18BF4N. The number of pyridine rings is 1. The fourth-order valence-electron chi connectivity index (χ4n) is 2.40. The molecule has 0 atom stereocenters. The van der Waals surface area contributed by atoms with Crippen molar-refractivity contribution in [3.05, 3.63) is 41.7 Å². The lowest BCUT2D eigenvalue weighted by Crippen LogP contribution is -2.34. The molecule has 2 rings (SSSR count). The summed E-state index contributed by atoms with van der Waals surface area (Å²) in [6.07, 6.45) is 4.44. The monoisotopic (exact) mass is 287 g/mol. The number of benzene rings is 1. The lowest BCUT2D eigenvalue weighted by molar-refractivity contribution is -0.678. The highest BCUT2D eigenvalue weighted by atomic mass is 19.5. The number of nitrogens with zero attached hydrogens (tertiary/aromatic N) is 1. The normalized spacial score (nSPS) is 11.2. The number of hydrogen-bond acceptors (Lipinski definition) is 0. The summed E-state index contributed by atoms with van der Waals surface area (Å²) in [5, 5.41) is 2.75. The van der Waals surface area contributed by atoms with Crippen molar-refractivity contribution in [3.63, 3.8) is 0 Å². The maximum atomic E-state index is 9.75. The molecule has 6 heteroatoms. The van der Waals surface area contributed by atoms with Crippen LogP contribution in [0.4, 0.5) is 17.3 Å². The Bertz CT molecular complexity index is 575. The lowest BCUT2D eigenvalue weighted by Gasteiger charge is -2.07. The summed E-state index contributed by atoms with van der Waals surface area (Å²) in [5.41, 5.74) is 2.95. The van der Waals surface area contributed by atoms with Gasteiger partial charge < -0.3 is 17.3 Å². The number of fused-ring (bicyclic) bond motifs is 1. The highest BCUT2D eigenvalue weighted by molar-refractivity contribution is 6.50. The van der Waals surface area contributed by atoms with Gasteiger partial charge in [-0.05, 0) is 17.9 Å². The minimum absolute atomic E-state index is 1.10. The Hall–Kier alpha value is -1.59. The van der Waals surface area contributed by atoms with Gasteiger partial charge in [0.1, 0.15) is 7.05 Å². The second-order valence-electron chi connectivity index (χ2n) is 4.45. The van der Waals surface area contributed by atoms with Crippen molar-refractivity contribution in [2.24, 2.45) is 7.05 Å². The Balaban J connectivity index is 0.000000347. The maximum Gasteiger partial charge on any atom is 0.673 e. The van der Waals surface area contributed by atoms with Crippen molar-refractivity contribution in [1.29, 1.82) is 0 Å². The molecule has 1 aromatic carbocycles. The topological polar surface area (TPSA) is 3.88 Å². The first kappa shape index (κ1) is 16.5. The fraction of sp³-hybridized carbons (Fsp3) is 0.357. The van der Waals surface area contributed by atoms with Crippen molar-refractivity contribution >= 4 is 18.0 Å². The second kappa shape index (κ2) is 6.73. The van der Waals surface area contributed by atoms with E-state index in [4.69, 9.17) is 0 Å². The summed E-state index contributed by atoms with van der Waals surface area (Å²) in [5.74, 6) is 0. The van der Waals surface area contributed by atoms with Gasteiger partial charge in [-0.3, -0.25) is 0 Å². The van der Waals surface area contributed by atoms with Gasteiger partial charge in [0.05, 0.1) is 0 Å². The standard InChI is InChI=1S/C14H18N.BF4/c1-4-12-13-9-7-6-8-11(13)10-15(3)14(12)5-2;2-1(3,4)5/h6-10H,4-5H2,1-3H3;/q+1;-1. The predicted molar refractivity (Wildman–Crippen MR) is 74.1 cm³/mol. The van der Waals surface area contributed by atoms with Crippen LogP contribution in [0.25, 0.3) is 10.8 Å². The van der Waals surface area contributed by atoms with Crippen LogP contribution in [0.15, 0.2) is 30.5 Å². The Morgan fingerprint density at radius 3 is 2.05 bits per heavy atom. The minimum atomic E-state index is -6.00. The van der Waals surface area contributed by atoms with Gasteiger partial charge in [0, 0.05) is 17.4 Å². The van der Waals surface area contributed by atoms with Crippen LogP contribution in [0.2, 0.25) is 0 Å². The molecule has 20 heavy (non-hydrogen) atoms. The molecule has 2 aromatic rings. The van der Waals surface area contributed by atoms with E-state index in [-0.39, 0.29) is 0 Å². The van der Waals surface area contributed by atoms with Crippen LogP contribution in [0.3, 0.4) is 0 Å². The van der Waals surface area contributed by atoms with E-state index in [0.717, 1.165) is 12.8 Å². The first-order valence-electron chi connectivity index (χ1n) is 6.54. The Labute approximate surface area is 116 Å². The lowest BCUT2D eigenvalue weighted by atomic mass is 10.0. The number of aryl methyl sites for hydroxylation is 2. The summed E-state index contributed by atoms with van der Waals surface area (Å²) in [7, 11) is -3.86. The third kappa shape index (κ3) is 4.51. The third-order valence-corrected chi connectivity index (χ3v) is 3.08. The van der Waals surface area contributed by atoms with Gasteiger partial charge in [-0.1, -0.05) is 32.0 Å². The summed E-state index contributed by atoms with van der Waals surface area (Å²) in [4.78, 5) is 0. The molecule has 1 heterocycles. The molecule has 0 aliphatic heterocycles. The number of hydrogen-bond donors (Lipinski definition) is 0. The molecule has 0 N–H and O–H groups in total. The van der Waals surface area contributed by atoms with E-state index in [2.05, 4.69) is 55.9 Å². The Kier molecular flexibility index (Phi) is 5.54. The zero-order chi connectivity index (χ0) is 15.3. The molecule has 0 saturated heterocycles. The van der Waals surface area contributed by atoms with Crippen LogP contribution >= 0.6 is 0 Å². The molecule has 0 spiro atoms. The summed E-state index contributed by atoms with van der Waals surface area (Å²) < 4.78 is 41.3. The highest BCUT2D eigenvalue weighted by Crippen LogP contribution is 2.20. The first-order valence-corrected chi connectivity index (χ1v) is 6.54. The molecule has 110 valence electrons. The predicted octanol–water partition coefficient (Wildman–Crippen LogP) is 4.09. The SMILES string of the molecule is CCc1c(CC)[n+](C)cc2ccccc12.F[B-](F)(F)F. The molecule has 0 saturated carbocycles. The first-order chi connectivity index (χ1) is 9.27. The molecule has 0 aliphatic rings. The van der Waals surface area contributed by atoms with E-state index in [1.54, 1.807) is 0 Å². The second-order valence-corrected chi connectivity index (χ2v) is 4.45. The van der Waals surface area contributed by atoms with E-state index in [0.29, 0.717) is 0 Å². The number of rotatable bonds is 2. The van der Waals surface area contributed by atoms with Crippen molar-refractivity contribution in [1.82, 2.24) is 0 Å². The smallest absolute Gasteiger partial charge is 0.418 e. The molecule has 1 aromatic heterocycles. The zero-order valence-corrected chi connectivity index (χ0v) is 11.8. The average molecular weight is 287 g/mol. The minimum Gasteiger partial charge on any atom is -0.418 e. The largest absolute Gasteiger partial charge is 0.673 e. The quantitative estimate of drug-likeness (QED) is 0.445. The van der Waals surface area contributed by atoms with Crippen LogP contribution in [0, 0.1) is 0 Å². The van der Waals surface area contributed by atoms with Gasteiger partial charge in [0.15, 0.2) is 11.9 Å². The zero-order valence-electron chi connectivity index (χ0n) is 11.8. The maximum absolute atomic E-state index is 9.75. The van der Waals surface area contributed by atoms with Crippen LogP contribution in [-0.2, 0) is 19.9 Å². The van der Waals surface area contributed by atoms with Crippen molar-refractivity contribution in [2.75, 3.05) is 0 Å². The Morgan fingerprint density at radius 2 is 1.55 bits per heavy atom. The van der Waals surface area contributed by atoms with Gasteiger partial charge in [0.2, 0.25) is 0 Å². The van der Waals surface area contributed by atoms with E-state index >= 15 is 0 Å². The van der Waals surface area contributed by atoms with Crippen molar-refractivity contribution in [3.8, 4) is 0 Å². The summed E-state index contributed by atoms with van der Waals surface area (Å²) in [6.45, 7) is 4.46. The van der Waals surface area contributed by atoms with Gasteiger partial charge in [0.25, 0.3) is 0 Å². The van der Waals surface area contributed by atoms with Gasteiger partial charge in [-0.25, -0.2) is 4.57 Å². The van der Waals surface area contributed by atoms with Crippen molar-refractivity contribution < 1.29 is 21.8 Å². The van der Waals surface area contributed by atoms with E-state index in [1.807, 2.05) is 0 Å². The average Bonchev–Trinajstić information content (AvgIpc) is 2.35. The molecule has 0 amide bonds. The highest BCUT2D eigenvalue weighted by Gasteiger charge is 2.20. The summed E-state index contributed by atoms with van der Waals surface area (Å²) in [6, 6.07) is 8.65. The van der Waals surface area contributed by atoms with Gasteiger partial charge in [-0.2, -0.15) is 0 Å². The third-order valence-electron chi connectivity index (χ3n) is 3.08. The van der Waals surface area contributed by atoms with Gasteiger partial charge in [-0.15, -0.1) is 0 Å². The van der Waals surface area contributed by atoms with Gasteiger partial charge >= 0.3 is 7.25 Å². The molecule has 0 radical (unpaired) electrons. The number of halogens is 4. The Morgan fingerprint density at radius 1 is 1.00 bits per heavy atom. The van der Waals surface area contributed by atoms with E-state index in [9.17, 15) is 17.3 Å². The van der Waals surface area contributed by atoms with E-state index in [1.165, 1.54) is 22.0 Å². The van der Waals surface area contributed by atoms with Crippen LogP contribution < -0.4 is 4.57 Å². The fourth-order valence-corrected chi connectivity index (χ4v) is 2.40.